The van der Waals surface area contributed by atoms with Gasteiger partial charge in [-0.25, -0.2) is 0 Å². The van der Waals surface area contributed by atoms with Gasteiger partial charge in [-0.15, -0.1) is 0 Å². The zero-order valence-electron chi connectivity index (χ0n) is 18.2. The highest BCUT2D eigenvalue weighted by molar-refractivity contribution is 5.71. The molecule has 0 fully saturated rings. The number of quaternary nitrogens is 1. The molecule has 3 atom stereocenters. The molecule has 0 aromatic rings. The number of aliphatic carboxylic acids is 1. The second-order valence-electron chi connectivity index (χ2n) is 8.81. The maximum absolute atomic E-state index is 12.0. The highest BCUT2D eigenvalue weighted by Gasteiger charge is 2.23. The van der Waals surface area contributed by atoms with Gasteiger partial charge in [-0.2, -0.15) is 0 Å². The number of aliphatic hydroxyl groups is 2. The first kappa shape index (κ1) is 26.8. The summed E-state index contributed by atoms with van der Waals surface area (Å²) in [4.78, 5) is 22.8. The molecule has 0 spiro atoms. The molecule has 0 aliphatic heterocycles. The van der Waals surface area contributed by atoms with Crippen LogP contribution in [0.4, 0.5) is 0 Å². The second-order valence-corrected chi connectivity index (χ2v) is 8.81. The molecule has 0 rings (SSSR count). The van der Waals surface area contributed by atoms with Crippen LogP contribution < -0.4 is 5.11 Å². The van der Waals surface area contributed by atoms with Crippen LogP contribution in [-0.4, -0.2) is 72.6 Å². The average Bonchev–Trinajstić information content (AvgIpc) is 2.52. The summed E-state index contributed by atoms with van der Waals surface area (Å²) in [5, 5.41) is 30.7. The van der Waals surface area contributed by atoms with Crippen molar-refractivity contribution in [2.75, 3.05) is 27.7 Å². The van der Waals surface area contributed by atoms with Crippen LogP contribution in [0.15, 0.2) is 0 Å². The molecule has 0 radical (unpaired) electrons. The Kier molecular flexibility index (Phi) is 14.1. The fourth-order valence-electron chi connectivity index (χ4n) is 3.18. The molecule has 7 heteroatoms. The van der Waals surface area contributed by atoms with Crippen molar-refractivity contribution in [3.8, 4) is 0 Å². The number of ether oxygens (including phenoxy) is 1. The molecule has 0 aromatic carbocycles. The van der Waals surface area contributed by atoms with Crippen LogP contribution in [0.2, 0.25) is 0 Å². The lowest BCUT2D eigenvalue weighted by Gasteiger charge is -2.29. The number of carboxylic acids is 1. The predicted octanol–water partition coefficient (Wildman–Crippen LogP) is 1.39. The van der Waals surface area contributed by atoms with Crippen LogP contribution in [0.25, 0.3) is 0 Å². The maximum Gasteiger partial charge on any atom is 0.308 e. The predicted molar refractivity (Wildman–Crippen MR) is 106 cm³/mol. The van der Waals surface area contributed by atoms with Crippen LogP contribution in [0.3, 0.4) is 0 Å². The fraction of sp³-hybridized carbons (Fsp3) is 0.905. The van der Waals surface area contributed by atoms with Gasteiger partial charge in [0.05, 0.1) is 39.8 Å². The van der Waals surface area contributed by atoms with Crippen molar-refractivity contribution in [2.45, 2.75) is 95.9 Å². The molecule has 0 bridgehead atoms. The van der Waals surface area contributed by atoms with E-state index in [9.17, 15) is 24.9 Å². The minimum absolute atomic E-state index is 0.139. The van der Waals surface area contributed by atoms with E-state index >= 15 is 0 Å². The summed E-state index contributed by atoms with van der Waals surface area (Å²) in [6.45, 7) is 2.50. The lowest BCUT2D eigenvalue weighted by Crippen LogP contribution is -2.45. The SMILES string of the molecule is CCCCCC(O)CCCCCC(O)CC(=O)OC(CC(=O)[O-])C[N+](C)(C)C. The van der Waals surface area contributed by atoms with Crippen LogP contribution in [0.5, 0.6) is 0 Å². The Balaban J connectivity index is 4.01. The molecule has 0 heterocycles. The number of unbranched alkanes of at least 4 members (excludes halogenated alkanes) is 4. The van der Waals surface area contributed by atoms with E-state index in [4.69, 9.17) is 4.74 Å². The van der Waals surface area contributed by atoms with Gasteiger partial charge in [0.2, 0.25) is 0 Å². The smallest absolute Gasteiger partial charge is 0.308 e. The third kappa shape index (κ3) is 17.0. The molecule has 0 aliphatic carbocycles. The summed E-state index contributed by atoms with van der Waals surface area (Å²) in [7, 11) is 5.64. The van der Waals surface area contributed by atoms with E-state index in [-0.39, 0.29) is 18.9 Å². The van der Waals surface area contributed by atoms with Crippen molar-refractivity contribution in [1.82, 2.24) is 0 Å². The number of hydrogen-bond donors (Lipinski definition) is 2. The number of hydrogen-bond acceptors (Lipinski definition) is 6. The molecule has 28 heavy (non-hydrogen) atoms. The molecule has 0 aliphatic rings. The molecular formula is C21H41NO6. The Hall–Kier alpha value is -1.18. The molecule has 0 saturated carbocycles. The van der Waals surface area contributed by atoms with Crippen LogP contribution in [-0.2, 0) is 14.3 Å². The van der Waals surface area contributed by atoms with Crippen molar-refractivity contribution >= 4 is 11.9 Å². The number of esters is 1. The zero-order valence-corrected chi connectivity index (χ0v) is 18.2. The van der Waals surface area contributed by atoms with Crippen LogP contribution >= 0.6 is 0 Å². The van der Waals surface area contributed by atoms with Gasteiger partial charge in [0.15, 0.2) is 6.10 Å². The number of aliphatic hydroxyl groups excluding tert-OH is 2. The summed E-state index contributed by atoms with van der Waals surface area (Å²) in [6.07, 6.45) is 5.76. The first-order valence-electron chi connectivity index (χ1n) is 10.6. The van der Waals surface area contributed by atoms with Crippen molar-refractivity contribution < 1.29 is 34.1 Å². The molecule has 0 aromatic heterocycles. The number of nitrogens with zero attached hydrogens (tertiary/aromatic N) is 1. The topological polar surface area (TPSA) is 107 Å². The first-order chi connectivity index (χ1) is 13.0. The van der Waals surface area contributed by atoms with Crippen molar-refractivity contribution in [3.63, 3.8) is 0 Å². The van der Waals surface area contributed by atoms with Gasteiger partial charge >= 0.3 is 5.97 Å². The normalized spacial score (nSPS) is 15.1. The van der Waals surface area contributed by atoms with Crippen LogP contribution in [0, 0.1) is 0 Å². The standard InChI is InChI=1S/C21H41NO6/c1-5-6-8-11-17(23)12-9-7-10-13-18(24)14-21(27)28-19(15-20(25)26)16-22(2,3)4/h17-19,23-24H,5-16H2,1-4H3. The number of carbonyl (C=O) groups excluding carboxylic acids is 2. The Morgan fingerprint density at radius 1 is 0.893 bits per heavy atom. The minimum Gasteiger partial charge on any atom is -0.550 e. The number of carbonyl (C=O) groups is 2. The van der Waals surface area contributed by atoms with Gasteiger partial charge in [-0.1, -0.05) is 45.4 Å². The molecule has 2 N–H and O–H groups in total. The monoisotopic (exact) mass is 403 g/mol. The molecular weight excluding hydrogens is 362 g/mol. The molecule has 0 saturated heterocycles. The van der Waals surface area contributed by atoms with E-state index in [1.54, 1.807) is 0 Å². The van der Waals surface area contributed by atoms with Gasteiger partial charge < -0.3 is 29.3 Å². The Bertz CT molecular complexity index is 435. The van der Waals surface area contributed by atoms with Gasteiger partial charge in [0.25, 0.3) is 0 Å². The maximum atomic E-state index is 12.0. The van der Waals surface area contributed by atoms with Gasteiger partial charge in [0, 0.05) is 12.4 Å². The van der Waals surface area contributed by atoms with E-state index in [2.05, 4.69) is 6.92 Å². The zero-order chi connectivity index (χ0) is 21.6. The second kappa shape index (κ2) is 14.8. The molecule has 0 amide bonds. The fourth-order valence-corrected chi connectivity index (χ4v) is 3.18. The Morgan fingerprint density at radius 2 is 1.43 bits per heavy atom. The largest absolute Gasteiger partial charge is 0.550 e. The third-order valence-electron chi connectivity index (χ3n) is 4.56. The Labute approximate surface area is 170 Å². The molecule has 3 unspecified atom stereocenters. The number of likely N-dealkylation sites (N-methyl/N-ethyl adjacent to an activating group) is 1. The summed E-state index contributed by atoms with van der Waals surface area (Å²) < 4.78 is 5.70. The summed E-state index contributed by atoms with van der Waals surface area (Å²) in [5.74, 6) is -1.85. The van der Waals surface area contributed by atoms with Crippen LogP contribution in [0.1, 0.15) is 77.6 Å². The van der Waals surface area contributed by atoms with Gasteiger partial charge in [-0.05, 0) is 19.3 Å². The van der Waals surface area contributed by atoms with E-state index in [0.29, 0.717) is 17.4 Å². The quantitative estimate of drug-likeness (QED) is 0.216. The number of rotatable bonds is 17. The summed E-state index contributed by atoms with van der Waals surface area (Å²) in [6, 6.07) is 0. The molecule has 7 nitrogen and oxygen atoms in total. The first-order valence-corrected chi connectivity index (χ1v) is 10.6. The third-order valence-corrected chi connectivity index (χ3v) is 4.56. The number of carboxylic acid groups (broad SMARTS) is 1. The summed E-state index contributed by atoms with van der Waals surface area (Å²) in [5.41, 5.74) is 0. The van der Waals surface area contributed by atoms with Crippen molar-refractivity contribution in [2.24, 2.45) is 0 Å². The lowest BCUT2D eigenvalue weighted by atomic mass is 10.0. The van der Waals surface area contributed by atoms with E-state index in [1.165, 1.54) is 0 Å². The summed E-state index contributed by atoms with van der Waals surface area (Å²) >= 11 is 0. The van der Waals surface area contributed by atoms with Gasteiger partial charge in [-0.3, -0.25) is 4.79 Å². The molecule has 166 valence electrons. The van der Waals surface area contributed by atoms with Crippen molar-refractivity contribution in [3.05, 3.63) is 0 Å². The minimum atomic E-state index is -1.26. The highest BCUT2D eigenvalue weighted by atomic mass is 16.5. The average molecular weight is 404 g/mol. The van der Waals surface area contributed by atoms with Crippen molar-refractivity contribution in [1.29, 1.82) is 0 Å². The van der Waals surface area contributed by atoms with E-state index < -0.39 is 24.1 Å². The van der Waals surface area contributed by atoms with E-state index in [0.717, 1.165) is 51.4 Å². The highest BCUT2D eigenvalue weighted by Crippen LogP contribution is 2.14. The van der Waals surface area contributed by atoms with Gasteiger partial charge in [0.1, 0.15) is 6.54 Å². The Morgan fingerprint density at radius 3 is 1.93 bits per heavy atom. The lowest BCUT2D eigenvalue weighted by molar-refractivity contribution is -0.873. The van der Waals surface area contributed by atoms with E-state index in [1.807, 2.05) is 21.1 Å².